The number of carboxylic acids is 1. The number of nitrogens with zero attached hydrogens (tertiary/aromatic N) is 1. The van der Waals surface area contributed by atoms with Crippen molar-refractivity contribution >= 4 is 17.9 Å². The summed E-state index contributed by atoms with van der Waals surface area (Å²) in [7, 11) is 5.54. The van der Waals surface area contributed by atoms with Crippen molar-refractivity contribution in [3.05, 3.63) is 24.3 Å². The molecule has 57 heavy (non-hydrogen) atoms. The highest BCUT2D eigenvalue weighted by molar-refractivity contribution is 5.72. The molecule has 0 aliphatic heterocycles. The molecule has 0 rings (SSSR count). The Balaban J connectivity index is 4.27. The molecule has 0 radical (unpaired) electrons. The molecule has 1 N–H and O–H groups in total. The van der Waals surface area contributed by atoms with Gasteiger partial charge in [-0.15, -0.1) is 0 Å². The quantitative estimate of drug-likeness (QED) is 0.0283. The third-order valence-electron chi connectivity index (χ3n) is 10.9. The summed E-state index contributed by atoms with van der Waals surface area (Å²) in [5.41, 5.74) is 0. The summed E-state index contributed by atoms with van der Waals surface area (Å²) < 4.78 is 17.3. The van der Waals surface area contributed by atoms with Gasteiger partial charge >= 0.3 is 17.9 Å². The van der Waals surface area contributed by atoms with Crippen molar-refractivity contribution in [3.8, 4) is 0 Å². The van der Waals surface area contributed by atoms with E-state index in [0.717, 1.165) is 38.5 Å². The molecule has 8 nitrogen and oxygen atoms in total. The first-order chi connectivity index (χ1) is 27.6. The highest BCUT2D eigenvalue weighted by Gasteiger charge is 2.31. The maximum absolute atomic E-state index is 12.8. The lowest BCUT2D eigenvalue weighted by Gasteiger charge is -2.31. The highest BCUT2D eigenvalue weighted by Crippen LogP contribution is 2.16. The minimum Gasteiger partial charge on any atom is -0.477 e. The number of carbonyl (C=O) groups excluding carboxylic acids is 2. The molecular formula is C49H92NO7+. The van der Waals surface area contributed by atoms with E-state index < -0.39 is 18.1 Å². The van der Waals surface area contributed by atoms with Crippen LogP contribution in [-0.4, -0.2) is 80.6 Å². The fourth-order valence-electron chi connectivity index (χ4n) is 7.14. The molecule has 2 unspecified atom stereocenters. The fraction of sp³-hybridized carbons (Fsp3) is 0.857. The number of unbranched alkanes of at least 4 members (excludes halogenated alkanes) is 26. The van der Waals surface area contributed by atoms with Crippen molar-refractivity contribution in [3.63, 3.8) is 0 Å². The van der Waals surface area contributed by atoms with Crippen LogP contribution < -0.4 is 0 Å². The summed E-state index contributed by atoms with van der Waals surface area (Å²) >= 11 is 0. The zero-order valence-electron chi connectivity index (χ0n) is 38.1. The molecule has 0 aliphatic carbocycles. The van der Waals surface area contributed by atoms with Gasteiger partial charge in [0.2, 0.25) is 0 Å². The highest BCUT2D eigenvalue weighted by atomic mass is 16.6. The third-order valence-corrected chi connectivity index (χ3v) is 10.9. The van der Waals surface area contributed by atoms with Gasteiger partial charge in [-0.3, -0.25) is 9.59 Å². The zero-order chi connectivity index (χ0) is 42.1. The Kier molecular flexibility index (Phi) is 39.0. The number of hydrogen-bond acceptors (Lipinski definition) is 6. The van der Waals surface area contributed by atoms with Gasteiger partial charge in [0.25, 0.3) is 0 Å². The number of rotatable bonds is 43. The van der Waals surface area contributed by atoms with E-state index in [1.807, 2.05) is 21.1 Å². The Bertz CT molecular complexity index is 989. The van der Waals surface area contributed by atoms with Crippen molar-refractivity contribution in [2.45, 2.75) is 231 Å². The van der Waals surface area contributed by atoms with Gasteiger partial charge in [-0.2, -0.15) is 0 Å². The fourth-order valence-corrected chi connectivity index (χ4v) is 7.14. The molecule has 0 heterocycles. The van der Waals surface area contributed by atoms with Crippen LogP contribution in [0.2, 0.25) is 0 Å². The van der Waals surface area contributed by atoms with Gasteiger partial charge in [0, 0.05) is 19.3 Å². The van der Waals surface area contributed by atoms with Crippen molar-refractivity contribution < 1.29 is 38.2 Å². The van der Waals surface area contributed by atoms with E-state index in [1.54, 1.807) is 0 Å². The molecule has 2 atom stereocenters. The lowest BCUT2D eigenvalue weighted by molar-refractivity contribution is -0.887. The van der Waals surface area contributed by atoms with Gasteiger partial charge < -0.3 is 23.8 Å². The van der Waals surface area contributed by atoms with Crippen molar-refractivity contribution in [1.82, 2.24) is 0 Å². The number of aliphatic carboxylic acids is 1. The number of esters is 2. The number of carbonyl (C=O) groups is 3. The third kappa shape index (κ3) is 39.1. The topological polar surface area (TPSA) is 99.1 Å². The van der Waals surface area contributed by atoms with Gasteiger partial charge in [0.1, 0.15) is 6.61 Å². The smallest absolute Gasteiger partial charge is 0.362 e. The molecule has 0 aromatic heterocycles. The largest absolute Gasteiger partial charge is 0.477 e. The number of carboxylic acid groups (broad SMARTS) is 1. The molecule has 0 amide bonds. The van der Waals surface area contributed by atoms with Gasteiger partial charge in [0.15, 0.2) is 12.1 Å². The Labute approximate surface area is 351 Å². The standard InChI is InChI=1S/C49H91NO7/c1-6-8-10-12-14-16-18-20-22-23-24-25-26-28-30-32-34-36-38-40-48(52)57-45(43-55-42-41-46(49(53)54)50(3,4)5)44-56-47(51)39-37-35-33-31-29-27-21-19-17-15-13-11-9-7-2/h14,16,18,20,45-46H,6-13,15,17,19,21-44H2,1-5H3/p+1/b16-14+,20-18+. The van der Waals surface area contributed by atoms with Crippen molar-refractivity contribution in [2.24, 2.45) is 0 Å². The second-order valence-corrected chi connectivity index (χ2v) is 17.4. The van der Waals surface area contributed by atoms with Gasteiger partial charge in [-0.05, 0) is 38.5 Å². The van der Waals surface area contributed by atoms with Crippen LogP contribution in [-0.2, 0) is 28.6 Å². The van der Waals surface area contributed by atoms with Gasteiger partial charge in [-0.1, -0.05) is 186 Å². The number of quaternary nitrogens is 1. The molecule has 0 aromatic rings. The summed E-state index contributed by atoms with van der Waals surface area (Å²) in [5.74, 6) is -1.46. The summed E-state index contributed by atoms with van der Waals surface area (Å²) in [5, 5.41) is 9.63. The maximum Gasteiger partial charge on any atom is 0.362 e. The first-order valence-corrected chi connectivity index (χ1v) is 23.9. The molecule has 0 saturated heterocycles. The first kappa shape index (κ1) is 54.8. The Morgan fingerprint density at radius 3 is 1.35 bits per heavy atom. The molecule has 0 bridgehead atoms. The summed E-state index contributed by atoms with van der Waals surface area (Å²) in [6, 6.07) is -0.612. The van der Waals surface area contributed by atoms with Gasteiger partial charge in [0.05, 0.1) is 34.4 Å². The van der Waals surface area contributed by atoms with E-state index in [4.69, 9.17) is 14.2 Å². The van der Waals surface area contributed by atoms with Crippen LogP contribution in [0.1, 0.15) is 219 Å². The van der Waals surface area contributed by atoms with E-state index in [2.05, 4.69) is 38.2 Å². The van der Waals surface area contributed by atoms with E-state index in [1.165, 1.54) is 148 Å². The predicted octanol–water partition coefficient (Wildman–Crippen LogP) is 13.3. The molecule has 8 heteroatoms. The second kappa shape index (κ2) is 40.6. The molecule has 334 valence electrons. The lowest BCUT2D eigenvalue weighted by atomic mass is 10.0. The summed E-state index contributed by atoms with van der Waals surface area (Å²) in [6.45, 7) is 4.73. The van der Waals surface area contributed by atoms with Crippen LogP contribution in [0.25, 0.3) is 0 Å². The first-order valence-electron chi connectivity index (χ1n) is 23.9. The predicted molar refractivity (Wildman–Crippen MR) is 238 cm³/mol. The van der Waals surface area contributed by atoms with Crippen LogP contribution in [0.15, 0.2) is 24.3 Å². The molecular weight excluding hydrogens is 715 g/mol. The normalized spacial score (nSPS) is 13.1. The second-order valence-electron chi connectivity index (χ2n) is 17.4. The van der Waals surface area contributed by atoms with Crippen LogP contribution in [0.4, 0.5) is 0 Å². The minimum atomic E-state index is -0.873. The minimum absolute atomic E-state index is 0.0475. The average molecular weight is 807 g/mol. The van der Waals surface area contributed by atoms with Crippen LogP contribution in [0.5, 0.6) is 0 Å². The number of likely N-dealkylation sites (N-methyl/N-ethyl adjacent to an activating group) is 1. The zero-order valence-corrected chi connectivity index (χ0v) is 38.1. The van der Waals surface area contributed by atoms with Crippen molar-refractivity contribution in [1.29, 1.82) is 0 Å². The maximum atomic E-state index is 12.8. The van der Waals surface area contributed by atoms with Gasteiger partial charge in [-0.25, -0.2) is 4.79 Å². The number of ether oxygens (including phenoxy) is 3. The number of hydrogen-bond donors (Lipinski definition) is 1. The number of allylic oxidation sites excluding steroid dienone is 4. The van der Waals surface area contributed by atoms with Crippen molar-refractivity contribution in [2.75, 3.05) is 41.0 Å². The lowest BCUT2D eigenvalue weighted by Crippen LogP contribution is -2.50. The van der Waals surface area contributed by atoms with Crippen LogP contribution >= 0.6 is 0 Å². The molecule has 0 aliphatic rings. The van der Waals surface area contributed by atoms with Crippen LogP contribution in [0.3, 0.4) is 0 Å². The monoisotopic (exact) mass is 807 g/mol. The molecule has 0 fully saturated rings. The Morgan fingerprint density at radius 2 is 0.912 bits per heavy atom. The van der Waals surface area contributed by atoms with E-state index in [-0.39, 0.29) is 36.2 Å². The van der Waals surface area contributed by atoms with E-state index >= 15 is 0 Å². The SMILES string of the molecule is CCCCC/C=C/C=C/CCCCCCCCCCCCC(=O)OC(COCCC(C(=O)O)[N+](C)(C)C)COC(=O)CCCCCCCCCCCCCCCC. The average Bonchev–Trinajstić information content (AvgIpc) is 3.17. The molecule has 0 saturated carbocycles. The summed E-state index contributed by atoms with van der Waals surface area (Å²) in [4.78, 5) is 37.0. The Morgan fingerprint density at radius 1 is 0.526 bits per heavy atom. The summed E-state index contributed by atoms with van der Waals surface area (Å²) in [6.07, 6.45) is 45.0. The molecule has 0 aromatic carbocycles. The van der Waals surface area contributed by atoms with E-state index in [0.29, 0.717) is 19.3 Å². The Hall–Kier alpha value is -2.19. The van der Waals surface area contributed by atoms with Crippen LogP contribution in [0, 0.1) is 0 Å². The molecule has 0 spiro atoms. The van der Waals surface area contributed by atoms with E-state index in [9.17, 15) is 19.5 Å².